The van der Waals surface area contributed by atoms with E-state index in [9.17, 15) is 9.18 Å². The normalized spacial score (nSPS) is 15.6. The van der Waals surface area contributed by atoms with Crippen molar-refractivity contribution in [1.82, 2.24) is 10.2 Å². The SMILES string of the molecule is CCOC1CCN(C(=O)NCc2ccc(OC(C)C)c(F)c2)CC1. The molecule has 1 aromatic carbocycles. The van der Waals surface area contributed by atoms with Gasteiger partial charge in [0, 0.05) is 26.2 Å². The molecule has 0 bridgehead atoms. The number of ether oxygens (including phenoxy) is 2. The van der Waals surface area contributed by atoms with E-state index in [1.807, 2.05) is 20.8 Å². The summed E-state index contributed by atoms with van der Waals surface area (Å²) in [5.74, 6) is -0.175. The molecule has 1 N–H and O–H groups in total. The van der Waals surface area contributed by atoms with Crippen LogP contribution in [0.1, 0.15) is 39.2 Å². The van der Waals surface area contributed by atoms with E-state index >= 15 is 0 Å². The van der Waals surface area contributed by atoms with Crippen LogP contribution in [0.25, 0.3) is 0 Å². The molecule has 0 atom stereocenters. The summed E-state index contributed by atoms with van der Waals surface area (Å²) in [6.07, 6.45) is 1.89. The summed E-state index contributed by atoms with van der Waals surface area (Å²) in [6, 6.07) is 4.65. The monoisotopic (exact) mass is 338 g/mol. The smallest absolute Gasteiger partial charge is 0.317 e. The van der Waals surface area contributed by atoms with Crippen LogP contribution in [0.4, 0.5) is 9.18 Å². The number of nitrogens with zero attached hydrogens (tertiary/aromatic N) is 1. The zero-order valence-electron chi connectivity index (χ0n) is 14.7. The van der Waals surface area contributed by atoms with Crippen molar-refractivity contribution >= 4 is 6.03 Å². The summed E-state index contributed by atoms with van der Waals surface area (Å²) in [6.45, 7) is 8.06. The van der Waals surface area contributed by atoms with Gasteiger partial charge in [0.05, 0.1) is 12.2 Å². The Bertz CT molecular complexity index is 543. The maximum Gasteiger partial charge on any atom is 0.317 e. The van der Waals surface area contributed by atoms with Crippen molar-refractivity contribution in [3.8, 4) is 5.75 Å². The number of benzene rings is 1. The van der Waals surface area contributed by atoms with Gasteiger partial charge < -0.3 is 19.7 Å². The largest absolute Gasteiger partial charge is 0.488 e. The molecule has 2 amide bonds. The van der Waals surface area contributed by atoms with Gasteiger partial charge in [-0.05, 0) is 51.3 Å². The van der Waals surface area contributed by atoms with Crippen molar-refractivity contribution < 1.29 is 18.7 Å². The zero-order valence-corrected chi connectivity index (χ0v) is 14.7. The highest BCUT2D eigenvalue weighted by Gasteiger charge is 2.22. The van der Waals surface area contributed by atoms with Gasteiger partial charge in [0.25, 0.3) is 0 Å². The van der Waals surface area contributed by atoms with Crippen molar-refractivity contribution in [2.45, 2.75) is 52.4 Å². The van der Waals surface area contributed by atoms with Gasteiger partial charge in [0.2, 0.25) is 0 Å². The van der Waals surface area contributed by atoms with E-state index in [1.54, 1.807) is 17.0 Å². The third-order valence-corrected chi connectivity index (χ3v) is 3.93. The number of amides is 2. The summed E-state index contributed by atoms with van der Waals surface area (Å²) in [7, 11) is 0. The van der Waals surface area contributed by atoms with E-state index in [2.05, 4.69) is 5.32 Å². The lowest BCUT2D eigenvalue weighted by Crippen LogP contribution is -2.45. The molecule has 134 valence electrons. The van der Waals surface area contributed by atoms with E-state index in [4.69, 9.17) is 9.47 Å². The topological polar surface area (TPSA) is 50.8 Å². The molecule has 1 fully saturated rings. The quantitative estimate of drug-likeness (QED) is 0.866. The van der Waals surface area contributed by atoms with Crippen LogP contribution in [0, 0.1) is 5.82 Å². The van der Waals surface area contributed by atoms with Gasteiger partial charge in [-0.1, -0.05) is 6.07 Å². The average molecular weight is 338 g/mol. The molecule has 5 nitrogen and oxygen atoms in total. The van der Waals surface area contributed by atoms with Gasteiger partial charge in [-0.15, -0.1) is 0 Å². The minimum atomic E-state index is -0.409. The van der Waals surface area contributed by atoms with Crippen LogP contribution < -0.4 is 10.1 Å². The maximum atomic E-state index is 13.9. The molecular weight excluding hydrogens is 311 g/mol. The lowest BCUT2D eigenvalue weighted by atomic mass is 10.1. The number of nitrogens with one attached hydrogen (secondary N) is 1. The number of carbonyl (C=O) groups excluding carboxylic acids is 1. The number of carbonyl (C=O) groups is 1. The Morgan fingerprint density at radius 3 is 2.67 bits per heavy atom. The summed E-state index contributed by atoms with van der Waals surface area (Å²) in [5, 5.41) is 2.84. The lowest BCUT2D eigenvalue weighted by Gasteiger charge is -2.31. The highest BCUT2D eigenvalue weighted by Crippen LogP contribution is 2.20. The van der Waals surface area contributed by atoms with Gasteiger partial charge in [-0.25, -0.2) is 9.18 Å². The molecule has 6 heteroatoms. The van der Waals surface area contributed by atoms with Crippen LogP contribution in [0.15, 0.2) is 18.2 Å². The van der Waals surface area contributed by atoms with Crippen molar-refractivity contribution in [1.29, 1.82) is 0 Å². The number of urea groups is 1. The van der Waals surface area contributed by atoms with E-state index in [0.29, 0.717) is 31.8 Å². The molecule has 0 aliphatic carbocycles. The second-order valence-corrected chi connectivity index (χ2v) is 6.23. The first kappa shape index (κ1) is 18.5. The predicted octanol–water partition coefficient (Wildman–Crippen LogP) is 3.32. The average Bonchev–Trinajstić information content (AvgIpc) is 2.55. The van der Waals surface area contributed by atoms with Crippen LogP contribution in [-0.4, -0.2) is 42.8 Å². The molecule has 0 unspecified atom stereocenters. The highest BCUT2D eigenvalue weighted by molar-refractivity contribution is 5.74. The van der Waals surface area contributed by atoms with Gasteiger partial charge in [-0.3, -0.25) is 0 Å². The molecule has 0 radical (unpaired) electrons. The Hall–Kier alpha value is -1.82. The Morgan fingerprint density at radius 1 is 1.38 bits per heavy atom. The molecule has 1 aromatic rings. The fourth-order valence-electron chi connectivity index (χ4n) is 2.75. The Kier molecular flexibility index (Phi) is 6.85. The Morgan fingerprint density at radius 2 is 2.08 bits per heavy atom. The lowest BCUT2D eigenvalue weighted by molar-refractivity contribution is 0.0220. The van der Waals surface area contributed by atoms with Crippen molar-refractivity contribution in [2.24, 2.45) is 0 Å². The number of hydrogen-bond donors (Lipinski definition) is 1. The van der Waals surface area contributed by atoms with Gasteiger partial charge >= 0.3 is 6.03 Å². The van der Waals surface area contributed by atoms with Crippen LogP contribution in [-0.2, 0) is 11.3 Å². The zero-order chi connectivity index (χ0) is 17.5. The molecular formula is C18H27FN2O3. The molecule has 24 heavy (non-hydrogen) atoms. The number of halogens is 1. The first-order valence-corrected chi connectivity index (χ1v) is 8.59. The van der Waals surface area contributed by atoms with E-state index in [1.165, 1.54) is 6.07 Å². The molecule has 2 rings (SSSR count). The van der Waals surface area contributed by atoms with Crippen LogP contribution in [0.5, 0.6) is 5.75 Å². The van der Waals surface area contributed by atoms with Crippen LogP contribution in [0.3, 0.4) is 0 Å². The first-order valence-electron chi connectivity index (χ1n) is 8.59. The van der Waals surface area contributed by atoms with Gasteiger partial charge in [0.1, 0.15) is 0 Å². The van der Waals surface area contributed by atoms with Crippen molar-refractivity contribution in [2.75, 3.05) is 19.7 Å². The summed E-state index contributed by atoms with van der Waals surface area (Å²) in [5.41, 5.74) is 0.709. The maximum absolute atomic E-state index is 13.9. The number of piperidine rings is 1. The van der Waals surface area contributed by atoms with Crippen molar-refractivity contribution in [3.63, 3.8) is 0 Å². The molecule has 0 aromatic heterocycles. The molecule has 0 saturated carbocycles. The fraction of sp³-hybridized carbons (Fsp3) is 0.611. The standard InChI is InChI=1S/C18H27FN2O3/c1-4-23-15-7-9-21(10-8-15)18(22)20-12-14-5-6-17(16(19)11-14)24-13(2)3/h5-6,11,13,15H,4,7-10,12H2,1-3H3,(H,20,22). The van der Waals surface area contributed by atoms with E-state index < -0.39 is 5.82 Å². The minimum absolute atomic E-state index is 0.0790. The third kappa shape index (κ3) is 5.37. The van der Waals surface area contributed by atoms with Gasteiger partial charge in [0.15, 0.2) is 11.6 Å². The van der Waals surface area contributed by atoms with E-state index in [-0.39, 0.29) is 24.0 Å². The third-order valence-electron chi connectivity index (χ3n) is 3.93. The molecule has 0 spiro atoms. The minimum Gasteiger partial charge on any atom is -0.488 e. The first-order chi connectivity index (χ1) is 11.5. The van der Waals surface area contributed by atoms with E-state index in [0.717, 1.165) is 12.8 Å². The molecule has 1 aliphatic heterocycles. The van der Waals surface area contributed by atoms with Gasteiger partial charge in [-0.2, -0.15) is 0 Å². The highest BCUT2D eigenvalue weighted by atomic mass is 19.1. The number of hydrogen-bond acceptors (Lipinski definition) is 3. The van der Waals surface area contributed by atoms with Crippen molar-refractivity contribution in [3.05, 3.63) is 29.6 Å². The second kappa shape index (κ2) is 8.87. The fourth-order valence-corrected chi connectivity index (χ4v) is 2.75. The summed E-state index contributed by atoms with van der Waals surface area (Å²) < 4.78 is 24.9. The summed E-state index contributed by atoms with van der Waals surface area (Å²) >= 11 is 0. The van der Waals surface area contributed by atoms with Crippen LogP contribution in [0.2, 0.25) is 0 Å². The number of likely N-dealkylation sites (tertiary alicyclic amines) is 1. The molecule has 1 heterocycles. The predicted molar refractivity (Wildman–Crippen MR) is 90.6 cm³/mol. The second-order valence-electron chi connectivity index (χ2n) is 6.23. The van der Waals surface area contributed by atoms with Crippen LogP contribution >= 0.6 is 0 Å². The Balaban J connectivity index is 1.81. The Labute approximate surface area is 143 Å². The number of rotatable bonds is 6. The molecule has 1 saturated heterocycles. The molecule has 1 aliphatic rings. The summed E-state index contributed by atoms with van der Waals surface area (Å²) in [4.78, 5) is 14.0.